The van der Waals surface area contributed by atoms with E-state index in [1.54, 1.807) is 35.2 Å². The van der Waals surface area contributed by atoms with Gasteiger partial charge in [0.2, 0.25) is 0 Å². The molecule has 1 aliphatic heterocycles. The smallest absolute Gasteiger partial charge is 0.291 e. The zero-order chi connectivity index (χ0) is 16.4. The maximum absolute atomic E-state index is 12.1. The average Bonchev–Trinajstić information content (AvgIpc) is 3.04. The molecule has 1 N–H and O–H groups in total. The fraction of sp³-hybridized carbons (Fsp3) is 0.294. The van der Waals surface area contributed by atoms with Crippen LogP contribution in [0.1, 0.15) is 24.4 Å². The van der Waals surface area contributed by atoms with Gasteiger partial charge in [-0.1, -0.05) is 13.8 Å². The summed E-state index contributed by atoms with van der Waals surface area (Å²) in [5, 5.41) is 2.76. The number of anilines is 2. The lowest BCUT2D eigenvalue weighted by molar-refractivity contribution is -0.121. The second kappa shape index (κ2) is 6.16. The molecule has 120 valence electrons. The Morgan fingerprint density at radius 2 is 2.17 bits per heavy atom. The van der Waals surface area contributed by atoms with Gasteiger partial charge in [-0.25, -0.2) is 0 Å². The van der Waals surface area contributed by atoms with E-state index in [2.05, 4.69) is 5.32 Å². The summed E-state index contributed by atoms with van der Waals surface area (Å²) in [6.07, 6.45) is 1.44. The Labute approximate surface area is 134 Å². The first kappa shape index (κ1) is 15.1. The van der Waals surface area contributed by atoms with Crippen LogP contribution in [0, 0.1) is 5.92 Å². The van der Waals surface area contributed by atoms with E-state index in [4.69, 9.17) is 9.15 Å². The van der Waals surface area contributed by atoms with Crippen molar-refractivity contribution >= 4 is 23.2 Å². The van der Waals surface area contributed by atoms with Crippen molar-refractivity contribution in [1.29, 1.82) is 0 Å². The molecule has 23 heavy (non-hydrogen) atoms. The fourth-order valence-corrected chi connectivity index (χ4v) is 2.45. The van der Waals surface area contributed by atoms with Gasteiger partial charge in [0.15, 0.2) is 12.4 Å². The SMILES string of the molecule is CC(C)CN1C(=O)COc2ccc(NC(=O)c3ccco3)cc21. The second-order valence-corrected chi connectivity index (χ2v) is 5.80. The molecule has 0 atom stereocenters. The summed E-state index contributed by atoms with van der Waals surface area (Å²) in [5.74, 6) is 0.774. The summed E-state index contributed by atoms with van der Waals surface area (Å²) in [5.41, 5.74) is 1.25. The van der Waals surface area contributed by atoms with Crippen molar-refractivity contribution in [3.63, 3.8) is 0 Å². The Bertz CT molecular complexity index is 722. The van der Waals surface area contributed by atoms with Crippen molar-refractivity contribution < 1.29 is 18.7 Å². The van der Waals surface area contributed by atoms with Crippen molar-refractivity contribution in [3.8, 4) is 5.75 Å². The lowest BCUT2D eigenvalue weighted by Crippen LogP contribution is -2.41. The first-order valence-corrected chi connectivity index (χ1v) is 7.46. The van der Waals surface area contributed by atoms with Gasteiger partial charge in [-0.3, -0.25) is 9.59 Å². The topological polar surface area (TPSA) is 71.8 Å². The molecular weight excluding hydrogens is 296 g/mol. The van der Waals surface area contributed by atoms with Crippen LogP contribution in [0.3, 0.4) is 0 Å². The zero-order valence-electron chi connectivity index (χ0n) is 13.0. The van der Waals surface area contributed by atoms with Crippen molar-refractivity contribution in [1.82, 2.24) is 0 Å². The normalized spacial score (nSPS) is 13.7. The number of nitrogens with one attached hydrogen (secondary N) is 1. The standard InChI is InChI=1S/C17H18N2O4/c1-11(2)9-19-13-8-12(5-6-14(13)23-10-16(19)20)18-17(21)15-4-3-7-22-15/h3-8,11H,9-10H2,1-2H3,(H,18,21). The van der Waals surface area contributed by atoms with Crippen molar-refractivity contribution in [2.24, 2.45) is 5.92 Å². The van der Waals surface area contributed by atoms with E-state index in [0.717, 1.165) is 0 Å². The molecule has 0 radical (unpaired) electrons. The van der Waals surface area contributed by atoms with Gasteiger partial charge in [0, 0.05) is 12.2 Å². The molecule has 1 aliphatic rings. The molecule has 2 heterocycles. The number of ether oxygens (including phenoxy) is 1. The van der Waals surface area contributed by atoms with Gasteiger partial charge in [-0.15, -0.1) is 0 Å². The first-order valence-electron chi connectivity index (χ1n) is 7.46. The summed E-state index contributed by atoms with van der Waals surface area (Å²) in [4.78, 5) is 25.9. The van der Waals surface area contributed by atoms with Gasteiger partial charge in [-0.2, -0.15) is 0 Å². The van der Waals surface area contributed by atoms with Crippen LogP contribution in [0.25, 0.3) is 0 Å². The lowest BCUT2D eigenvalue weighted by atomic mass is 10.1. The van der Waals surface area contributed by atoms with E-state index in [1.165, 1.54) is 6.26 Å². The highest BCUT2D eigenvalue weighted by Gasteiger charge is 2.26. The van der Waals surface area contributed by atoms with Gasteiger partial charge in [0.25, 0.3) is 11.8 Å². The summed E-state index contributed by atoms with van der Waals surface area (Å²) in [6.45, 7) is 4.73. The summed E-state index contributed by atoms with van der Waals surface area (Å²) < 4.78 is 10.5. The Kier molecular flexibility index (Phi) is 4.06. The third-order valence-corrected chi connectivity index (χ3v) is 3.45. The van der Waals surface area contributed by atoms with E-state index in [0.29, 0.717) is 29.6 Å². The van der Waals surface area contributed by atoms with Gasteiger partial charge in [-0.05, 0) is 36.2 Å². The van der Waals surface area contributed by atoms with Crippen molar-refractivity contribution in [2.75, 3.05) is 23.4 Å². The molecule has 0 spiro atoms. The first-order chi connectivity index (χ1) is 11.0. The van der Waals surface area contributed by atoms with Crippen molar-refractivity contribution in [3.05, 3.63) is 42.4 Å². The number of carbonyl (C=O) groups is 2. The molecule has 0 bridgehead atoms. The second-order valence-electron chi connectivity index (χ2n) is 5.80. The number of furan rings is 1. The van der Waals surface area contributed by atoms with Crippen LogP contribution in [-0.4, -0.2) is 25.0 Å². The minimum Gasteiger partial charge on any atom is -0.482 e. The van der Waals surface area contributed by atoms with Crippen LogP contribution in [0.5, 0.6) is 5.75 Å². The number of hydrogen-bond donors (Lipinski definition) is 1. The molecule has 1 aromatic heterocycles. The van der Waals surface area contributed by atoms with E-state index >= 15 is 0 Å². The highest BCUT2D eigenvalue weighted by Crippen LogP contribution is 2.35. The number of benzene rings is 1. The van der Waals surface area contributed by atoms with Crippen LogP contribution < -0.4 is 15.0 Å². The molecule has 2 aromatic rings. The van der Waals surface area contributed by atoms with Crippen LogP contribution in [0.2, 0.25) is 0 Å². The maximum atomic E-state index is 12.1. The number of amides is 2. The molecule has 0 saturated heterocycles. The van der Waals surface area contributed by atoms with Gasteiger partial charge >= 0.3 is 0 Å². The van der Waals surface area contributed by atoms with Gasteiger partial charge in [0.05, 0.1) is 12.0 Å². The van der Waals surface area contributed by atoms with Crippen LogP contribution in [0.4, 0.5) is 11.4 Å². The molecule has 6 nitrogen and oxygen atoms in total. The largest absolute Gasteiger partial charge is 0.482 e. The Hall–Kier alpha value is -2.76. The Morgan fingerprint density at radius 3 is 2.87 bits per heavy atom. The molecule has 0 unspecified atom stereocenters. The number of hydrogen-bond acceptors (Lipinski definition) is 4. The molecule has 3 rings (SSSR count). The number of nitrogens with zero attached hydrogens (tertiary/aromatic N) is 1. The van der Waals surface area contributed by atoms with Crippen LogP contribution in [-0.2, 0) is 4.79 Å². The van der Waals surface area contributed by atoms with E-state index in [-0.39, 0.29) is 24.2 Å². The molecule has 1 aromatic carbocycles. The summed E-state index contributed by atoms with van der Waals surface area (Å²) >= 11 is 0. The monoisotopic (exact) mass is 314 g/mol. The molecule has 2 amide bonds. The zero-order valence-corrected chi connectivity index (χ0v) is 13.0. The quantitative estimate of drug-likeness (QED) is 0.942. The fourth-order valence-electron chi connectivity index (χ4n) is 2.45. The highest BCUT2D eigenvalue weighted by molar-refractivity contribution is 6.03. The van der Waals surface area contributed by atoms with Crippen LogP contribution >= 0.6 is 0 Å². The van der Waals surface area contributed by atoms with Gasteiger partial charge < -0.3 is 19.4 Å². The molecule has 0 aliphatic carbocycles. The number of rotatable bonds is 4. The number of fused-ring (bicyclic) bond motifs is 1. The van der Waals surface area contributed by atoms with E-state index in [9.17, 15) is 9.59 Å². The van der Waals surface area contributed by atoms with Gasteiger partial charge in [0.1, 0.15) is 5.75 Å². The highest BCUT2D eigenvalue weighted by atomic mass is 16.5. The molecule has 0 fully saturated rings. The predicted molar refractivity (Wildman–Crippen MR) is 85.8 cm³/mol. The summed E-state index contributed by atoms with van der Waals surface area (Å²) in [7, 11) is 0. The molecule has 0 saturated carbocycles. The Morgan fingerprint density at radius 1 is 1.35 bits per heavy atom. The average molecular weight is 314 g/mol. The molecular formula is C17H18N2O4. The Balaban J connectivity index is 1.86. The summed E-state index contributed by atoms with van der Waals surface area (Å²) in [6, 6.07) is 8.48. The minimum absolute atomic E-state index is 0.0395. The van der Waals surface area contributed by atoms with Crippen molar-refractivity contribution in [2.45, 2.75) is 13.8 Å². The lowest BCUT2D eigenvalue weighted by Gasteiger charge is -2.31. The van der Waals surface area contributed by atoms with E-state index in [1.807, 2.05) is 13.8 Å². The minimum atomic E-state index is -0.339. The third-order valence-electron chi connectivity index (χ3n) is 3.45. The maximum Gasteiger partial charge on any atom is 0.291 e. The molecule has 6 heteroatoms. The third kappa shape index (κ3) is 3.21. The van der Waals surface area contributed by atoms with Crippen LogP contribution in [0.15, 0.2) is 41.0 Å². The number of carbonyl (C=O) groups excluding carboxylic acids is 2. The predicted octanol–water partition coefficient (Wildman–Crippen LogP) is 2.91. The van der Waals surface area contributed by atoms with E-state index < -0.39 is 0 Å².